The molecule has 372 valence electrons. The van der Waals surface area contributed by atoms with Gasteiger partial charge in [0.15, 0.2) is 7.28 Å². The number of benzene rings is 13. The summed E-state index contributed by atoms with van der Waals surface area (Å²) in [6.45, 7) is 4.64. The summed E-state index contributed by atoms with van der Waals surface area (Å²) in [6, 6.07) is 79.7. The lowest BCUT2D eigenvalue weighted by molar-refractivity contribution is 1.17. The molecule has 17 aromatic rings. The predicted molar refractivity (Wildman–Crippen MR) is 349 cm³/mol. The maximum absolute atomic E-state index is 4.24. The molecule has 13 aromatic carbocycles. The Morgan fingerprint density at radius 1 is 0.366 bits per heavy atom. The number of hydrogen-bond acceptors (Lipinski definition) is 0. The molecule has 0 spiro atoms. The minimum atomic E-state index is -0.0971. The van der Waals surface area contributed by atoms with Crippen molar-refractivity contribution in [2.75, 3.05) is 0 Å². The van der Waals surface area contributed by atoms with Crippen molar-refractivity contribution in [1.82, 2.24) is 18.6 Å². The minimum Gasteiger partial charge on any atom is -0.375 e. The standard InChI is InChI=1S/C76H42B2N4/c1-37-25-33-57-71(77-51-31-29-47-43-17-5-3-15-41(43)45-21-11-13-39-27-35-55-67(61(39)45)64(47)74(51)80(55)57)59(37)69-66-50-20-8-10-24-54(50)82-76(66)70(63-49-19-7-9-23-53(49)79-73(63)69)60-38(2)26-34-58-72(60)78(82)52-32-30-48-44-18-6-4-16-42(44)46-22-12-14-40-28-36-56-68(62(40)46)65(48)75(52)81(56)58/h3-36,77,79H,1-2H3. The summed E-state index contributed by atoms with van der Waals surface area (Å²) < 4.78 is 8.14. The van der Waals surface area contributed by atoms with Crippen LogP contribution in [0.5, 0.6) is 0 Å². The fourth-order valence-corrected chi connectivity index (χ4v) is 17.7. The van der Waals surface area contributed by atoms with E-state index in [-0.39, 0.29) is 6.85 Å². The highest BCUT2D eigenvalue weighted by Gasteiger charge is 2.45. The molecular weight excluding hydrogens is 990 g/mol. The Balaban J connectivity index is 0.911. The van der Waals surface area contributed by atoms with Crippen LogP contribution in [0.3, 0.4) is 0 Å². The maximum Gasteiger partial charge on any atom is 0.333 e. The van der Waals surface area contributed by atoms with Crippen LogP contribution in [0.2, 0.25) is 0 Å². The summed E-state index contributed by atoms with van der Waals surface area (Å²) in [7, 11) is 0.817. The lowest BCUT2D eigenvalue weighted by Gasteiger charge is -2.35. The Kier molecular flexibility index (Phi) is 7.03. The molecule has 2 aliphatic carbocycles. The number of aromatic amines is 1. The van der Waals surface area contributed by atoms with Gasteiger partial charge in [0.2, 0.25) is 0 Å². The van der Waals surface area contributed by atoms with Crippen LogP contribution in [0.4, 0.5) is 0 Å². The predicted octanol–water partition coefficient (Wildman–Crippen LogP) is 16.2. The molecule has 0 saturated heterocycles. The highest BCUT2D eigenvalue weighted by molar-refractivity contribution is 6.90. The summed E-state index contributed by atoms with van der Waals surface area (Å²) in [5.41, 5.74) is 36.6. The highest BCUT2D eigenvalue weighted by atomic mass is 15.0. The largest absolute Gasteiger partial charge is 0.375 e. The zero-order valence-electron chi connectivity index (χ0n) is 44.8. The third kappa shape index (κ3) is 4.46. The van der Waals surface area contributed by atoms with Gasteiger partial charge in [-0.15, -0.1) is 0 Å². The zero-order chi connectivity index (χ0) is 52.9. The van der Waals surface area contributed by atoms with Gasteiger partial charge in [-0.05, 0) is 155 Å². The average Bonchev–Trinajstić information content (AvgIpc) is 1.79. The van der Waals surface area contributed by atoms with E-state index in [1.165, 1.54) is 214 Å². The van der Waals surface area contributed by atoms with Crippen molar-refractivity contribution in [3.05, 3.63) is 217 Å². The molecule has 1 N–H and O–H groups in total. The van der Waals surface area contributed by atoms with Gasteiger partial charge in [0.05, 0.1) is 22.1 Å². The number of nitrogens with zero attached hydrogens (tertiary/aromatic N) is 3. The van der Waals surface area contributed by atoms with E-state index in [1.807, 2.05) is 0 Å². The number of rotatable bonds is 1. The van der Waals surface area contributed by atoms with E-state index in [2.05, 4.69) is 239 Å². The van der Waals surface area contributed by atoms with E-state index < -0.39 is 0 Å². The summed E-state index contributed by atoms with van der Waals surface area (Å²) in [5, 5.41) is 15.9. The van der Waals surface area contributed by atoms with Crippen molar-refractivity contribution in [3.8, 4) is 78.1 Å². The van der Waals surface area contributed by atoms with Gasteiger partial charge in [-0.1, -0.05) is 175 Å². The Hall–Kier alpha value is -10.3. The van der Waals surface area contributed by atoms with Gasteiger partial charge in [-0.25, -0.2) is 0 Å². The molecule has 22 rings (SSSR count). The van der Waals surface area contributed by atoms with Crippen LogP contribution >= 0.6 is 0 Å². The highest BCUT2D eigenvalue weighted by Crippen LogP contribution is 2.56. The Labute approximate surface area is 470 Å². The van der Waals surface area contributed by atoms with Crippen molar-refractivity contribution in [2.45, 2.75) is 13.8 Å². The topological polar surface area (TPSA) is 30.6 Å². The van der Waals surface area contributed by atoms with E-state index in [1.54, 1.807) is 0 Å². The van der Waals surface area contributed by atoms with Crippen LogP contribution in [-0.4, -0.2) is 32.7 Å². The number of hydrogen-bond donors (Lipinski definition) is 1. The number of H-pyrrole nitrogens is 1. The van der Waals surface area contributed by atoms with Gasteiger partial charge >= 0.3 is 6.85 Å². The van der Waals surface area contributed by atoms with Crippen molar-refractivity contribution in [3.63, 3.8) is 0 Å². The molecule has 6 heteroatoms. The first-order chi connectivity index (χ1) is 40.6. The number of aryl methyl sites for hydroxylation is 2. The molecule has 7 heterocycles. The first-order valence-electron chi connectivity index (χ1n) is 29.1. The number of nitrogens with one attached hydrogen (secondary N) is 1. The normalized spacial score (nSPS) is 13.6. The molecule has 4 aromatic heterocycles. The monoisotopic (exact) mass is 1030 g/mol. The van der Waals surface area contributed by atoms with Crippen molar-refractivity contribution in [1.29, 1.82) is 0 Å². The molecule has 3 aliphatic heterocycles. The third-order valence-electron chi connectivity index (χ3n) is 20.7. The van der Waals surface area contributed by atoms with E-state index in [0.29, 0.717) is 0 Å². The third-order valence-corrected chi connectivity index (χ3v) is 20.7. The molecule has 0 amide bonds. The molecule has 4 nitrogen and oxygen atoms in total. The fourth-order valence-electron chi connectivity index (χ4n) is 17.7. The van der Waals surface area contributed by atoms with Gasteiger partial charge < -0.3 is 18.6 Å². The SMILES string of the molecule is Cc1ccc2c(c1-c1c3[nH]c4ccccc4c3c3c4c1c1ccccc1n4B1c4c(ccc(C)c4-3)-n3c4ccc5cccc6c5c4c4c(ccc1c43)-c1ccccc1-6)Bc1ccc3c4c5c6c(cccc6ccc5n-2c14)-c1ccccc1-3. The lowest BCUT2D eigenvalue weighted by atomic mass is 9.45. The second-order valence-electron chi connectivity index (χ2n) is 24.2. The second-order valence-corrected chi connectivity index (χ2v) is 24.2. The number of aromatic nitrogens is 4. The lowest BCUT2D eigenvalue weighted by Crippen LogP contribution is -2.55. The molecule has 0 radical (unpaired) electrons. The molecule has 0 saturated carbocycles. The van der Waals surface area contributed by atoms with Gasteiger partial charge in [0.1, 0.15) is 0 Å². The van der Waals surface area contributed by atoms with Gasteiger partial charge in [-0.2, -0.15) is 0 Å². The first-order valence-corrected chi connectivity index (χ1v) is 29.1. The Morgan fingerprint density at radius 2 is 0.939 bits per heavy atom. The fraction of sp³-hybridized carbons (Fsp3) is 0.0263. The molecule has 5 aliphatic rings. The minimum absolute atomic E-state index is 0.0971. The van der Waals surface area contributed by atoms with E-state index >= 15 is 0 Å². The number of para-hydroxylation sites is 2. The molecule has 0 atom stereocenters. The Bertz CT molecular complexity index is 6080. The van der Waals surface area contributed by atoms with Crippen LogP contribution in [0.25, 0.3) is 187 Å². The summed E-state index contributed by atoms with van der Waals surface area (Å²) in [6.07, 6.45) is 0. The maximum atomic E-state index is 4.24. The van der Waals surface area contributed by atoms with Crippen LogP contribution in [-0.2, 0) is 0 Å². The first kappa shape index (κ1) is 41.7. The molecule has 0 unspecified atom stereocenters. The second kappa shape index (κ2) is 13.8. The summed E-state index contributed by atoms with van der Waals surface area (Å²) in [4.78, 5) is 4.24. The van der Waals surface area contributed by atoms with E-state index in [0.717, 1.165) is 12.8 Å². The smallest absolute Gasteiger partial charge is 0.333 e. The summed E-state index contributed by atoms with van der Waals surface area (Å²) in [5.74, 6) is 0. The van der Waals surface area contributed by atoms with E-state index in [9.17, 15) is 0 Å². The van der Waals surface area contributed by atoms with Crippen LogP contribution in [0, 0.1) is 13.8 Å². The molecule has 0 bridgehead atoms. The Morgan fingerprint density at radius 3 is 1.65 bits per heavy atom. The quantitative estimate of drug-likeness (QED) is 0.159. The average molecular weight is 1030 g/mol. The zero-order valence-corrected chi connectivity index (χ0v) is 44.8. The van der Waals surface area contributed by atoms with Gasteiger partial charge in [0.25, 0.3) is 0 Å². The van der Waals surface area contributed by atoms with Crippen molar-refractivity contribution < 1.29 is 0 Å². The van der Waals surface area contributed by atoms with Crippen molar-refractivity contribution in [2.24, 2.45) is 0 Å². The molecule has 0 fully saturated rings. The number of fused-ring (bicyclic) bond motifs is 21. The summed E-state index contributed by atoms with van der Waals surface area (Å²) >= 11 is 0. The van der Waals surface area contributed by atoms with Gasteiger partial charge in [-0.3, -0.25) is 0 Å². The van der Waals surface area contributed by atoms with Crippen LogP contribution in [0.1, 0.15) is 11.1 Å². The van der Waals surface area contributed by atoms with Crippen LogP contribution in [0.15, 0.2) is 206 Å². The van der Waals surface area contributed by atoms with Crippen molar-refractivity contribution >= 4 is 145 Å². The van der Waals surface area contributed by atoms with Gasteiger partial charge in [0, 0.05) is 87.7 Å². The molecular formula is C76H42B2N4. The van der Waals surface area contributed by atoms with E-state index in [4.69, 9.17) is 0 Å². The molecule has 82 heavy (non-hydrogen) atoms. The van der Waals surface area contributed by atoms with Crippen LogP contribution < -0.4 is 21.9 Å².